The SMILES string of the molecule is CC.CC.COc1cc2c(cc1C)CNCC2. The van der Waals surface area contributed by atoms with E-state index < -0.39 is 0 Å². The van der Waals surface area contributed by atoms with Crippen molar-refractivity contribution in [3.05, 3.63) is 28.8 Å². The minimum absolute atomic E-state index is 1.00. The first-order valence-corrected chi connectivity index (χ1v) is 6.68. The average Bonchev–Trinajstić information content (AvgIpc) is 2.42. The van der Waals surface area contributed by atoms with E-state index in [4.69, 9.17) is 4.74 Å². The van der Waals surface area contributed by atoms with Crippen molar-refractivity contribution in [2.75, 3.05) is 13.7 Å². The molecule has 1 heterocycles. The van der Waals surface area contributed by atoms with Crippen LogP contribution in [0.5, 0.6) is 5.75 Å². The van der Waals surface area contributed by atoms with Crippen LogP contribution in [0.1, 0.15) is 44.4 Å². The predicted molar refractivity (Wildman–Crippen MR) is 75.8 cm³/mol. The zero-order valence-electron chi connectivity index (χ0n) is 12.2. The molecular formula is C15H27NO. The first-order valence-electron chi connectivity index (χ1n) is 6.68. The Kier molecular flexibility index (Phi) is 8.51. The molecule has 0 saturated carbocycles. The number of hydrogen-bond acceptors (Lipinski definition) is 2. The smallest absolute Gasteiger partial charge is 0.122 e. The minimum Gasteiger partial charge on any atom is -0.496 e. The second-order valence-electron chi connectivity index (χ2n) is 3.52. The van der Waals surface area contributed by atoms with Gasteiger partial charge in [-0.1, -0.05) is 33.8 Å². The van der Waals surface area contributed by atoms with Crippen LogP contribution in [0.25, 0.3) is 0 Å². The molecule has 0 amide bonds. The standard InChI is InChI=1S/C11H15NO.2C2H6/c1-8-5-10-7-12-4-3-9(10)6-11(8)13-2;2*1-2/h5-6,12H,3-4,7H2,1-2H3;2*1-2H3. The van der Waals surface area contributed by atoms with Gasteiger partial charge in [-0.2, -0.15) is 0 Å². The molecule has 1 aliphatic rings. The van der Waals surface area contributed by atoms with Crippen molar-refractivity contribution in [1.29, 1.82) is 0 Å². The lowest BCUT2D eigenvalue weighted by atomic mass is 9.98. The van der Waals surface area contributed by atoms with Crippen LogP contribution in [0.2, 0.25) is 0 Å². The second kappa shape index (κ2) is 9.06. The summed E-state index contributed by atoms with van der Waals surface area (Å²) in [5.41, 5.74) is 4.08. The number of methoxy groups -OCH3 is 1. The van der Waals surface area contributed by atoms with E-state index in [0.717, 1.165) is 25.3 Å². The largest absolute Gasteiger partial charge is 0.496 e. The summed E-state index contributed by atoms with van der Waals surface area (Å²) in [5.74, 6) is 1.01. The van der Waals surface area contributed by atoms with E-state index in [0.29, 0.717) is 0 Å². The highest BCUT2D eigenvalue weighted by Gasteiger charge is 2.10. The van der Waals surface area contributed by atoms with Crippen molar-refractivity contribution in [2.24, 2.45) is 0 Å². The molecule has 1 aromatic carbocycles. The van der Waals surface area contributed by atoms with Crippen molar-refractivity contribution in [3.8, 4) is 5.75 Å². The summed E-state index contributed by atoms with van der Waals surface area (Å²) >= 11 is 0. The molecular weight excluding hydrogens is 210 g/mol. The molecule has 0 saturated heterocycles. The van der Waals surface area contributed by atoms with Gasteiger partial charge in [0.25, 0.3) is 0 Å². The van der Waals surface area contributed by atoms with Gasteiger partial charge in [0, 0.05) is 6.54 Å². The molecule has 0 fully saturated rings. The lowest BCUT2D eigenvalue weighted by Gasteiger charge is -2.19. The third-order valence-electron chi connectivity index (χ3n) is 2.60. The van der Waals surface area contributed by atoms with Crippen LogP contribution in [0.3, 0.4) is 0 Å². The van der Waals surface area contributed by atoms with Crippen LogP contribution < -0.4 is 10.1 Å². The monoisotopic (exact) mass is 237 g/mol. The summed E-state index contributed by atoms with van der Waals surface area (Å²) in [4.78, 5) is 0. The van der Waals surface area contributed by atoms with Crippen molar-refractivity contribution < 1.29 is 4.74 Å². The molecule has 17 heavy (non-hydrogen) atoms. The maximum atomic E-state index is 5.29. The predicted octanol–water partition coefficient (Wildman–Crippen LogP) is 3.70. The highest BCUT2D eigenvalue weighted by Crippen LogP contribution is 2.24. The molecule has 0 aliphatic carbocycles. The summed E-state index contributed by atoms with van der Waals surface area (Å²) in [6.07, 6.45) is 1.12. The van der Waals surface area contributed by atoms with Gasteiger partial charge < -0.3 is 10.1 Å². The van der Waals surface area contributed by atoms with Crippen molar-refractivity contribution >= 4 is 0 Å². The zero-order chi connectivity index (χ0) is 13.3. The Hall–Kier alpha value is -1.02. The van der Waals surface area contributed by atoms with Gasteiger partial charge in [-0.15, -0.1) is 0 Å². The zero-order valence-corrected chi connectivity index (χ0v) is 12.2. The third kappa shape index (κ3) is 4.39. The Morgan fingerprint density at radius 1 is 1.06 bits per heavy atom. The number of benzene rings is 1. The first-order chi connectivity index (χ1) is 8.31. The molecule has 0 radical (unpaired) electrons. The van der Waals surface area contributed by atoms with E-state index in [-0.39, 0.29) is 0 Å². The third-order valence-corrected chi connectivity index (χ3v) is 2.60. The Bertz CT molecular complexity index is 321. The molecule has 1 aliphatic heterocycles. The Morgan fingerprint density at radius 2 is 1.71 bits per heavy atom. The highest BCUT2D eigenvalue weighted by molar-refractivity contribution is 5.43. The van der Waals surface area contributed by atoms with Gasteiger partial charge in [-0.05, 0) is 42.6 Å². The summed E-state index contributed by atoms with van der Waals surface area (Å²) < 4.78 is 5.29. The Labute approximate surface area is 106 Å². The summed E-state index contributed by atoms with van der Waals surface area (Å²) in [6.45, 7) is 12.2. The molecule has 1 aromatic rings. The van der Waals surface area contributed by atoms with E-state index in [9.17, 15) is 0 Å². The van der Waals surface area contributed by atoms with Crippen molar-refractivity contribution in [3.63, 3.8) is 0 Å². The van der Waals surface area contributed by atoms with Crippen molar-refractivity contribution in [1.82, 2.24) is 5.32 Å². The van der Waals surface area contributed by atoms with Gasteiger partial charge >= 0.3 is 0 Å². The van der Waals surface area contributed by atoms with E-state index >= 15 is 0 Å². The summed E-state index contributed by atoms with van der Waals surface area (Å²) in [7, 11) is 1.73. The topological polar surface area (TPSA) is 21.3 Å². The van der Waals surface area contributed by atoms with Gasteiger partial charge in [-0.25, -0.2) is 0 Å². The second-order valence-corrected chi connectivity index (χ2v) is 3.52. The van der Waals surface area contributed by atoms with Crippen molar-refractivity contribution in [2.45, 2.75) is 47.6 Å². The number of hydrogen-bond donors (Lipinski definition) is 1. The van der Waals surface area contributed by atoms with Crippen LogP contribution in [0, 0.1) is 6.92 Å². The normalized spacial score (nSPS) is 12.4. The van der Waals surface area contributed by atoms with Crippen LogP contribution >= 0.6 is 0 Å². The van der Waals surface area contributed by atoms with Gasteiger partial charge in [-0.3, -0.25) is 0 Å². The van der Waals surface area contributed by atoms with E-state index in [1.54, 1.807) is 7.11 Å². The number of aryl methyl sites for hydroxylation is 1. The fourth-order valence-corrected chi connectivity index (χ4v) is 1.85. The average molecular weight is 237 g/mol. The molecule has 0 aromatic heterocycles. The number of rotatable bonds is 1. The molecule has 0 bridgehead atoms. The van der Waals surface area contributed by atoms with E-state index in [2.05, 4.69) is 24.4 Å². The summed E-state index contributed by atoms with van der Waals surface area (Å²) in [5, 5.41) is 3.36. The Morgan fingerprint density at radius 3 is 2.29 bits per heavy atom. The van der Waals surface area contributed by atoms with Gasteiger partial charge in [0.05, 0.1) is 7.11 Å². The number of nitrogens with one attached hydrogen (secondary N) is 1. The molecule has 0 spiro atoms. The molecule has 0 unspecified atom stereocenters. The van der Waals surface area contributed by atoms with E-state index in [1.165, 1.54) is 16.7 Å². The number of fused-ring (bicyclic) bond motifs is 1. The maximum absolute atomic E-state index is 5.29. The van der Waals surface area contributed by atoms with Crippen LogP contribution in [0.4, 0.5) is 0 Å². The van der Waals surface area contributed by atoms with Crippen LogP contribution in [-0.4, -0.2) is 13.7 Å². The summed E-state index contributed by atoms with van der Waals surface area (Å²) in [6, 6.07) is 4.39. The fraction of sp³-hybridized carbons (Fsp3) is 0.600. The van der Waals surface area contributed by atoms with E-state index in [1.807, 2.05) is 27.7 Å². The van der Waals surface area contributed by atoms with Crippen LogP contribution in [0.15, 0.2) is 12.1 Å². The van der Waals surface area contributed by atoms with Crippen LogP contribution in [-0.2, 0) is 13.0 Å². The minimum atomic E-state index is 1.00. The first kappa shape index (κ1) is 16.0. The lowest BCUT2D eigenvalue weighted by molar-refractivity contribution is 0.410. The molecule has 2 heteroatoms. The maximum Gasteiger partial charge on any atom is 0.122 e. The van der Waals surface area contributed by atoms with Gasteiger partial charge in [0.15, 0.2) is 0 Å². The van der Waals surface area contributed by atoms with Gasteiger partial charge in [0.1, 0.15) is 5.75 Å². The van der Waals surface area contributed by atoms with Gasteiger partial charge in [0.2, 0.25) is 0 Å². The Balaban J connectivity index is 0.000000581. The number of ether oxygens (including phenoxy) is 1. The molecule has 1 N–H and O–H groups in total. The molecule has 2 rings (SSSR count). The fourth-order valence-electron chi connectivity index (χ4n) is 1.85. The quantitative estimate of drug-likeness (QED) is 0.804. The molecule has 98 valence electrons. The lowest BCUT2D eigenvalue weighted by Crippen LogP contribution is -2.23. The highest BCUT2D eigenvalue weighted by atomic mass is 16.5. The molecule has 2 nitrogen and oxygen atoms in total. The molecule has 0 atom stereocenters.